The number of aryl methyl sites for hydroxylation is 1. The lowest BCUT2D eigenvalue weighted by Crippen LogP contribution is -3.11. The van der Waals surface area contributed by atoms with Crippen LogP contribution >= 0.6 is 0 Å². The van der Waals surface area contributed by atoms with E-state index in [9.17, 15) is 19.7 Å². The van der Waals surface area contributed by atoms with Gasteiger partial charge in [-0.2, -0.15) is 0 Å². The van der Waals surface area contributed by atoms with Gasteiger partial charge < -0.3 is 15.5 Å². The number of nitrogens with zero attached hydrogens (tertiary/aromatic N) is 1. The number of likely N-dealkylation sites (N-methyl/N-ethyl adjacent to an activating group) is 1. The van der Waals surface area contributed by atoms with Crippen molar-refractivity contribution in [2.45, 2.75) is 39.3 Å². The average Bonchev–Trinajstić information content (AvgIpc) is 2.62. The van der Waals surface area contributed by atoms with Gasteiger partial charge in [0.25, 0.3) is 17.5 Å². The summed E-state index contributed by atoms with van der Waals surface area (Å²) in [5.41, 5.74) is 1.01. The number of nitrogens with one attached hydrogen (secondary N) is 3. The van der Waals surface area contributed by atoms with Crippen molar-refractivity contribution in [2.75, 3.05) is 18.9 Å². The van der Waals surface area contributed by atoms with Crippen LogP contribution in [0.5, 0.6) is 0 Å². The predicted molar refractivity (Wildman–Crippen MR) is 115 cm³/mol. The molecule has 2 atom stereocenters. The van der Waals surface area contributed by atoms with Crippen LogP contribution in [0.4, 0.5) is 11.4 Å². The summed E-state index contributed by atoms with van der Waals surface area (Å²) < 4.78 is 0. The summed E-state index contributed by atoms with van der Waals surface area (Å²) in [6.07, 6.45) is 0. The summed E-state index contributed by atoms with van der Waals surface area (Å²) in [4.78, 5) is 37.1. The minimum absolute atomic E-state index is 0.0697. The molecule has 1 unspecified atom stereocenters. The van der Waals surface area contributed by atoms with Crippen LogP contribution in [0.25, 0.3) is 0 Å². The van der Waals surface area contributed by atoms with E-state index in [1.807, 2.05) is 39.0 Å². The number of hydrogen-bond acceptors (Lipinski definition) is 4. The molecule has 0 radical (unpaired) electrons. The first-order chi connectivity index (χ1) is 14.0. The normalized spacial score (nSPS) is 13.2. The molecule has 0 saturated heterocycles. The number of carbonyl (C=O) groups is 2. The Morgan fingerprint density at radius 1 is 1.13 bits per heavy atom. The summed E-state index contributed by atoms with van der Waals surface area (Å²) in [6.45, 7) is 7.48. The lowest BCUT2D eigenvalue weighted by Gasteiger charge is -2.26. The maximum atomic E-state index is 13.2. The van der Waals surface area contributed by atoms with Gasteiger partial charge in [0.05, 0.1) is 12.0 Å². The number of anilines is 1. The third-order valence-electron chi connectivity index (χ3n) is 4.45. The SMILES string of the molecule is Cc1ccc(NC(=O)[C@@H](c2ccccc2)[NH+](C)CC(=O)NC(C)(C)C)c([N+](=O)[O-])c1. The fourth-order valence-electron chi connectivity index (χ4n) is 3.23. The van der Waals surface area contributed by atoms with E-state index in [4.69, 9.17) is 0 Å². The van der Waals surface area contributed by atoms with Crippen LogP contribution in [0.3, 0.4) is 0 Å². The number of quaternary nitrogens is 1. The third-order valence-corrected chi connectivity index (χ3v) is 4.45. The number of rotatable bonds is 7. The van der Waals surface area contributed by atoms with Crippen LogP contribution in [0.15, 0.2) is 48.5 Å². The van der Waals surface area contributed by atoms with E-state index in [0.717, 1.165) is 5.56 Å². The molecule has 2 aromatic carbocycles. The first kappa shape index (κ1) is 23.0. The van der Waals surface area contributed by atoms with Crippen LogP contribution in [-0.2, 0) is 9.59 Å². The zero-order valence-electron chi connectivity index (χ0n) is 18.0. The summed E-state index contributed by atoms with van der Waals surface area (Å²) >= 11 is 0. The molecule has 0 aliphatic carbocycles. The predicted octanol–water partition coefficient (Wildman–Crippen LogP) is 2.01. The molecule has 8 nitrogen and oxygen atoms in total. The summed E-state index contributed by atoms with van der Waals surface area (Å²) in [6, 6.07) is 13.0. The molecule has 0 spiro atoms. The standard InChI is InChI=1S/C22H28N4O4/c1-15-11-12-17(18(13-15)26(29)30)23-21(28)20(16-9-7-6-8-10-16)25(5)14-19(27)24-22(2,3)4/h6-13,20H,14H2,1-5H3,(H,23,28)(H,24,27)/p+1/t20-/m1/s1. The van der Waals surface area contributed by atoms with E-state index in [1.54, 1.807) is 32.2 Å². The number of amides is 2. The second-order valence-electron chi connectivity index (χ2n) is 8.43. The molecule has 30 heavy (non-hydrogen) atoms. The van der Waals surface area contributed by atoms with Gasteiger partial charge in [0.1, 0.15) is 5.69 Å². The van der Waals surface area contributed by atoms with E-state index in [-0.39, 0.29) is 29.4 Å². The molecular formula is C22H29N4O4+. The smallest absolute Gasteiger partial charge is 0.293 e. The molecule has 0 aliphatic heterocycles. The summed E-state index contributed by atoms with van der Waals surface area (Å²) in [7, 11) is 1.75. The number of benzene rings is 2. The van der Waals surface area contributed by atoms with Crippen molar-refractivity contribution in [3.8, 4) is 0 Å². The van der Waals surface area contributed by atoms with Crippen molar-refractivity contribution in [1.82, 2.24) is 5.32 Å². The number of nitro benzene ring substituents is 1. The topological polar surface area (TPSA) is 106 Å². The molecule has 2 amide bonds. The van der Waals surface area contributed by atoms with Crippen molar-refractivity contribution in [1.29, 1.82) is 0 Å². The highest BCUT2D eigenvalue weighted by Crippen LogP contribution is 2.26. The highest BCUT2D eigenvalue weighted by molar-refractivity contribution is 5.96. The molecule has 0 aromatic heterocycles. The fourth-order valence-corrected chi connectivity index (χ4v) is 3.23. The average molecular weight is 413 g/mol. The largest absolute Gasteiger partial charge is 0.347 e. The molecule has 8 heteroatoms. The van der Waals surface area contributed by atoms with Crippen molar-refractivity contribution in [2.24, 2.45) is 0 Å². The Morgan fingerprint density at radius 3 is 2.33 bits per heavy atom. The Bertz CT molecular complexity index is 922. The second-order valence-corrected chi connectivity index (χ2v) is 8.43. The van der Waals surface area contributed by atoms with Crippen LogP contribution in [0, 0.1) is 17.0 Å². The van der Waals surface area contributed by atoms with E-state index in [2.05, 4.69) is 10.6 Å². The zero-order chi connectivity index (χ0) is 22.5. The van der Waals surface area contributed by atoms with Crippen LogP contribution in [-0.4, -0.2) is 35.9 Å². The molecule has 3 N–H and O–H groups in total. The maximum Gasteiger partial charge on any atom is 0.293 e. The third kappa shape index (κ3) is 6.38. The molecule has 0 heterocycles. The van der Waals surface area contributed by atoms with Gasteiger partial charge in [-0.3, -0.25) is 19.7 Å². The van der Waals surface area contributed by atoms with E-state index >= 15 is 0 Å². The Kier molecular flexibility index (Phi) is 7.28. The highest BCUT2D eigenvalue weighted by Gasteiger charge is 2.32. The van der Waals surface area contributed by atoms with Crippen LogP contribution in [0.2, 0.25) is 0 Å². The van der Waals surface area contributed by atoms with Gasteiger partial charge in [-0.15, -0.1) is 0 Å². The molecule has 0 saturated carbocycles. The monoisotopic (exact) mass is 413 g/mol. The Morgan fingerprint density at radius 2 is 1.77 bits per heavy atom. The fraction of sp³-hybridized carbons (Fsp3) is 0.364. The van der Waals surface area contributed by atoms with E-state index < -0.39 is 16.9 Å². The molecule has 0 fully saturated rings. The van der Waals surface area contributed by atoms with Crippen molar-refractivity contribution in [3.05, 3.63) is 69.8 Å². The van der Waals surface area contributed by atoms with Crippen molar-refractivity contribution < 1.29 is 19.4 Å². The molecular weight excluding hydrogens is 384 g/mol. The van der Waals surface area contributed by atoms with Gasteiger partial charge in [-0.1, -0.05) is 36.4 Å². The maximum absolute atomic E-state index is 13.2. The van der Waals surface area contributed by atoms with Gasteiger partial charge in [0.15, 0.2) is 12.6 Å². The van der Waals surface area contributed by atoms with Gasteiger partial charge in [-0.25, -0.2) is 0 Å². The number of nitro groups is 1. The van der Waals surface area contributed by atoms with E-state index in [0.29, 0.717) is 10.5 Å². The highest BCUT2D eigenvalue weighted by atomic mass is 16.6. The first-order valence-electron chi connectivity index (χ1n) is 9.72. The molecule has 160 valence electrons. The summed E-state index contributed by atoms with van der Waals surface area (Å²) in [5.74, 6) is -0.607. The summed E-state index contributed by atoms with van der Waals surface area (Å²) in [5, 5.41) is 17.0. The lowest BCUT2D eigenvalue weighted by molar-refractivity contribution is -0.894. The molecule has 0 bridgehead atoms. The second kappa shape index (κ2) is 9.49. The van der Waals surface area contributed by atoms with E-state index in [1.165, 1.54) is 12.1 Å². The van der Waals surface area contributed by atoms with Crippen molar-refractivity contribution >= 4 is 23.2 Å². The minimum atomic E-state index is -0.724. The Balaban J connectivity index is 2.31. The van der Waals surface area contributed by atoms with Crippen molar-refractivity contribution in [3.63, 3.8) is 0 Å². The lowest BCUT2D eigenvalue weighted by atomic mass is 10.0. The van der Waals surface area contributed by atoms with Crippen LogP contribution in [0.1, 0.15) is 37.9 Å². The van der Waals surface area contributed by atoms with Gasteiger partial charge in [0.2, 0.25) is 0 Å². The van der Waals surface area contributed by atoms with Crippen LogP contribution < -0.4 is 15.5 Å². The minimum Gasteiger partial charge on any atom is -0.347 e. The molecule has 2 rings (SSSR count). The van der Waals surface area contributed by atoms with Gasteiger partial charge >= 0.3 is 0 Å². The molecule has 2 aromatic rings. The zero-order valence-corrected chi connectivity index (χ0v) is 18.0. The van der Waals surface area contributed by atoms with Gasteiger partial charge in [0, 0.05) is 17.2 Å². The number of carbonyl (C=O) groups excluding carboxylic acids is 2. The first-order valence-corrected chi connectivity index (χ1v) is 9.72. The quantitative estimate of drug-likeness (QED) is 0.477. The molecule has 0 aliphatic rings. The number of hydrogen-bond donors (Lipinski definition) is 3. The Labute approximate surface area is 176 Å². The van der Waals surface area contributed by atoms with Gasteiger partial charge in [-0.05, 0) is 39.3 Å². The Hall–Kier alpha value is -3.26.